The van der Waals surface area contributed by atoms with Crippen molar-refractivity contribution < 1.29 is 14.3 Å². The number of rotatable bonds is 9. The first-order valence-corrected chi connectivity index (χ1v) is 8.27. The largest absolute Gasteiger partial charge is 0.494 e. The first-order chi connectivity index (χ1) is 12.7. The number of aliphatic imine (C=N–C) groups is 1. The highest BCUT2D eigenvalue weighted by molar-refractivity contribution is 5.82. The van der Waals surface area contributed by atoms with Crippen LogP contribution in [0.25, 0.3) is 0 Å². The van der Waals surface area contributed by atoms with Crippen LogP contribution in [-0.4, -0.2) is 25.4 Å². The number of hydrogen-bond acceptors (Lipinski definition) is 5. The molecule has 2 aromatic rings. The Morgan fingerprint density at radius 2 is 1.77 bits per heavy atom. The lowest BCUT2D eigenvalue weighted by Crippen LogP contribution is -2.04. The van der Waals surface area contributed by atoms with Gasteiger partial charge in [-0.05, 0) is 66.9 Å². The smallest absolute Gasteiger partial charge is 0.330 e. The zero-order valence-corrected chi connectivity index (χ0v) is 14.4. The van der Waals surface area contributed by atoms with Crippen LogP contribution in [0.15, 0.2) is 66.2 Å². The monoisotopic (exact) mass is 348 g/mol. The molecule has 0 saturated heterocycles. The molecule has 0 saturated carbocycles. The van der Waals surface area contributed by atoms with Crippen LogP contribution in [0.4, 0.5) is 5.69 Å². The molecular formula is C21H20N2O3. The number of nitriles is 1. The molecular weight excluding hydrogens is 328 g/mol. The molecule has 0 atom stereocenters. The normalized spacial score (nSPS) is 10.3. The zero-order valence-electron chi connectivity index (χ0n) is 14.4. The van der Waals surface area contributed by atoms with E-state index in [1.807, 2.05) is 24.3 Å². The minimum absolute atomic E-state index is 0.374. The molecule has 5 nitrogen and oxygen atoms in total. The summed E-state index contributed by atoms with van der Waals surface area (Å²) in [5, 5.41) is 8.78. The molecule has 0 aliphatic carbocycles. The highest BCUT2D eigenvalue weighted by Crippen LogP contribution is 2.15. The van der Waals surface area contributed by atoms with Crippen molar-refractivity contribution in [2.75, 3.05) is 13.2 Å². The number of esters is 1. The first kappa shape index (κ1) is 18.9. The maximum Gasteiger partial charge on any atom is 0.330 e. The molecule has 0 N–H and O–H groups in total. The summed E-state index contributed by atoms with van der Waals surface area (Å²) in [6.07, 6.45) is 4.46. The van der Waals surface area contributed by atoms with Gasteiger partial charge >= 0.3 is 5.97 Å². The SMILES string of the molecule is C=CC(=O)OCCCCOc1ccc(C=Nc2ccc(C#N)cc2)cc1. The van der Waals surface area contributed by atoms with Gasteiger partial charge in [-0.1, -0.05) is 6.58 Å². The van der Waals surface area contributed by atoms with Crippen LogP contribution >= 0.6 is 0 Å². The Hall–Kier alpha value is -3.39. The van der Waals surface area contributed by atoms with Crippen LogP contribution in [0, 0.1) is 11.3 Å². The molecule has 0 radical (unpaired) electrons. The van der Waals surface area contributed by atoms with E-state index in [1.165, 1.54) is 0 Å². The van der Waals surface area contributed by atoms with Gasteiger partial charge in [-0.15, -0.1) is 0 Å². The Balaban J connectivity index is 1.73. The second-order valence-corrected chi connectivity index (χ2v) is 5.41. The standard InChI is InChI=1S/C21H20N2O3/c1-2-21(24)26-14-4-3-13-25-20-11-7-18(8-12-20)16-23-19-9-5-17(15-22)6-10-19/h2,5-12,16H,1,3-4,13-14H2. The van der Waals surface area contributed by atoms with E-state index in [0.29, 0.717) is 18.8 Å². The van der Waals surface area contributed by atoms with Gasteiger partial charge in [0.2, 0.25) is 0 Å². The molecule has 2 rings (SSSR count). The summed E-state index contributed by atoms with van der Waals surface area (Å²) in [6, 6.07) is 16.8. The van der Waals surface area contributed by atoms with E-state index in [0.717, 1.165) is 35.9 Å². The van der Waals surface area contributed by atoms with E-state index in [2.05, 4.69) is 17.6 Å². The molecule has 5 heteroatoms. The van der Waals surface area contributed by atoms with Gasteiger partial charge in [-0.25, -0.2) is 4.79 Å². The predicted octanol–water partition coefficient (Wildman–Crippen LogP) is 4.20. The van der Waals surface area contributed by atoms with Crippen molar-refractivity contribution in [3.8, 4) is 11.8 Å². The third-order valence-corrected chi connectivity index (χ3v) is 3.46. The lowest BCUT2D eigenvalue weighted by Gasteiger charge is -2.06. The van der Waals surface area contributed by atoms with Crippen LogP contribution in [0.3, 0.4) is 0 Å². The van der Waals surface area contributed by atoms with Crippen molar-refractivity contribution in [3.05, 3.63) is 72.3 Å². The number of carbonyl (C=O) groups is 1. The van der Waals surface area contributed by atoms with Crippen molar-refractivity contribution in [2.45, 2.75) is 12.8 Å². The number of unbranched alkanes of at least 4 members (excludes halogenated alkanes) is 1. The van der Waals surface area contributed by atoms with Crippen molar-refractivity contribution in [1.29, 1.82) is 5.26 Å². The summed E-state index contributed by atoms with van der Waals surface area (Å²) in [4.78, 5) is 15.3. The fourth-order valence-electron chi connectivity index (χ4n) is 2.05. The van der Waals surface area contributed by atoms with Gasteiger partial charge in [0.25, 0.3) is 0 Å². The molecule has 0 aliphatic heterocycles. The summed E-state index contributed by atoms with van der Waals surface area (Å²) in [5.74, 6) is 0.382. The Kier molecular flexibility index (Phi) is 7.63. The summed E-state index contributed by atoms with van der Waals surface area (Å²) < 4.78 is 10.5. The predicted molar refractivity (Wildman–Crippen MR) is 101 cm³/mol. The third kappa shape index (κ3) is 6.62. The lowest BCUT2D eigenvalue weighted by molar-refractivity contribution is -0.137. The quantitative estimate of drug-likeness (QED) is 0.295. The third-order valence-electron chi connectivity index (χ3n) is 3.46. The van der Waals surface area contributed by atoms with Crippen LogP contribution in [-0.2, 0) is 9.53 Å². The molecule has 0 spiro atoms. The maximum atomic E-state index is 10.9. The van der Waals surface area contributed by atoms with E-state index in [1.54, 1.807) is 30.5 Å². The molecule has 0 heterocycles. The van der Waals surface area contributed by atoms with E-state index < -0.39 is 5.97 Å². The van der Waals surface area contributed by atoms with Crippen molar-refractivity contribution in [2.24, 2.45) is 4.99 Å². The maximum absolute atomic E-state index is 10.9. The lowest BCUT2D eigenvalue weighted by atomic mass is 10.2. The number of nitrogens with zero attached hydrogens (tertiary/aromatic N) is 2. The molecule has 0 bridgehead atoms. The average molecular weight is 348 g/mol. The molecule has 0 amide bonds. The van der Waals surface area contributed by atoms with Gasteiger partial charge in [0, 0.05) is 12.3 Å². The van der Waals surface area contributed by atoms with Crippen molar-refractivity contribution >= 4 is 17.9 Å². The fourth-order valence-corrected chi connectivity index (χ4v) is 2.05. The summed E-state index contributed by atoms with van der Waals surface area (Å²) in [7, 11) is 0. The number of benzene rings is 2. The topological polar surface area (TPSA) is 71.7 Å². The van der Waals surface area contributed by atoms with Gasteiger partial charge in [-0.2, -0.15) is 5.26 Å². The second-order valence-electron chi connectivity index (χ2n) is 5.41. The number of ether oxygens (including phenoxy) is 2. The first-order valence-electron chi connectivity index (χ1n) is 8.27. The van der Waals surface area contributed by atoms with E-state index in [4.69, 9.17) is 14.7 Å². The van der Waals surface area contributed by atoms with Gasteiger partial charge in [0.15, 0.2) is 0 Å². The summed E-state index contributed by atoms with van der Waals surface area (Å²) >= 11 is 0. The molecule has 0 aromatic heterocycles. The van der Waals surface area contributed by atoms with Crippen LogP contribution in [0.1, 0.15) is 24.0 Å². The van der Waals surface area contributed by atoms with Crippen LogP contribution < -0.4 is 4.74 Å². The highest BCUT2D eigenvalue weighted by Gasteiger charge is 1.97. The molecule has 0 unspecified atom stereocenters. The molecule has 0 aliphatic rings. The van der Waals surface area contributed by atoms with Gasteiger partial charge < -0.3 is 9.47 Å². The minimum Gasteiger partial charge on any atom is -0.494 e. The summed E-state index contributed by atoms with van der Waals surface area (Å²) in [6.45, 7) is 4.27. The van der Waals surface area contributed by atoms with Gasteiger partial charge in [-0.3, -0.25) is 4.99 Å². The highest BCUT2D eigenvalue weighted by atomic mass is 16.5. The van der Waals surface area contributed by atoms with E-state index in [9.17, 15) is 4.79 Å². The molecule has 26 heavy (non-hydrogen) atoms. The minimum atomic E-state index is -0.399. The van der Waals surface area contributed by atoms with Gasteiger partial charge in [0.05, 0.1) is 30.5 Å². The Morgan fingerprint density at radius 3 is 2.42 bits per heavy atom. The van der Waals surface area contributed by atoms with Crippen LogP contribution in [0.2, 0.25) is 0 Å². The van der Waals surface area contributed by atoms with Crippen molar-refractivity contribution in [3.63, 3.8) is 0 Å². The average Bonchev–Trinajstić information content (AvgIpc) is 2.70. The summed E-state index contributed by atoms with van der Waals surface area (Å²) in [5.41, 5.74) is 2.36. The van der Waals surface area contributed by atoms with E-state index in [-0.39, 0.29) is 0 Å². The van der Waals surface area contributed by atoms with Crippen molar-refractivity contribution in [1.82, 2.24) is 0 Å². The molecule has 132 valence electrons. The fraction of sp³-hybridized carbons (Fsp3) is 0.190. The van der Waals surface area contributed by atoms with Crippen LogP contribution in [0.5, 0.6) is 5.75 Å². The number of carbonyl (C=O) groups excluding carboxylic acids is 1. The Bertz CT molecular complexity index is 788. The van der Waals surface area contributed by atoms with E-state index >= 15 is 0 Å². The van der Waals surface area contributed by atoms with Gasteiger partial charge in [0.1, 0.15) is 5.75 Å². The Labute approximate surface area is 153 Å². The zero-order chi connectivity index (χ0) is 18.6. The molecule has 2 aromatic carbocycles. The second kappa shape index (κ2) is 10.5. The molecule has 0 fully saturated rings. The Morgan fingerprint density at radius 1 is 1.08 bits per heavy atom. The number of hydrogen-bond donors (Lipinski definition) is 0.